The van der Waals surface area contributed by atoms with Crippen LogP contribution in [0.5, 0.6) is 0 Å². The monoisotopic (exact) mass is 264 g/mol. The van der Waals surface area contributed by atoms with Crippen molar-refractivity contribution in [3.8, 4) is 0 Å². The highest BCUT2D eigenvalue weighted by Crippen LogP contribution is 2.17. The molecule has 0 unspecified atom stereocenters. The van der Waals surface area contributed by atoms with Crippen molar-refractivity contribution in [1.82, 2.24) is 25.4 Å². The predicted octanol–water partition coefficient (Wildman–Crippen LogP) is 1.17. The van der Waals surface area contributed by atoms with Crippen molar-refractivity contribution in [1.29, 1.82) is 0 Å². The Balaban J connectivity index is 1.55. The predicted molar refractivity (Wildman–Crippen MR) is 76.0 cm³/mol. The van der Waals surface area contributed by atoms with E-state index in [4.69, 9.17) is 0 Å². The van der Waals surface area contributed by atoms with Gasteiger partial charge in [0.15, 0.2) is 5.96 Å². The van der Waals surface area contributed by atoms with Gasteiger partial charge in [0.05, 0.1) is 0 Å². The van der Waals surface area contributed by atoms with Crippen LogP contribution in [0.2, 0.25) is 0 Å². The van der Waals surface area contributed by atoms with Gasteiger partial charge in [0.25, 0.3) is 0 Å². The minimum absolute atomic E-state index is 0.614. The summed E-state index contributed by atoms with van der Waals surface area (Å²) in [5.74, 6) is 0.941. The van der Waals surface area contributed by atoms with E-state index in [1.54, 1.807) is 12.7 Å². The van der Waals surface area contributed by atoms with Crippen molar-refractivity contribution in [3.05, 3.63) is 12.7 Å². The Morgan fingerprint density at radius 1 is 1.26 bits per heavy atom. The average molecular weight is 264 g/mol. The van der Waals surface area contributed by atoms with Crippen molar-refractivity contribution in [2.24, 2.45) is 4.99 Å². The third-order valence-corrected chi connectivity index (χ3v) is 3.52. The van der Waals surface area contributed by atoms with Gasteiger partial charge in [-0.1, -0.05) is 12.8 Å². The van der Waals surface area contributed by atoms with Gasteiger partial charge in [-0.2, -0.15) is 0 Å². The summed E-state index contributed by atoms with van der Waals surface area (Å²) in [7, 11) is 1.83. The summed E-state index contributed by atoms with van der Waals surface area (Å²) in [6, 6.07) is 0.614. The van der Waals surface area contributed by atoms with E-state index in [1.165, 1.54) is 25.7 Å². The van der Waals surface area contributed by atoms with Crippen LogP contribution in [-0.4, -0.2) is 40.4 Å². The van der Waals surface area contributed by atoms with Crippen LogP contribution in [0.25, 0.3) is 0 Å². The van der Waals surface area contributed by atoms with Crippen molar-refractivity contribution >= 4 is 5.96 Å². The number of unbranched alkanes of at least 4 members (excludes halogenated alkanes) is 1. The third-order valence-electron chi connectivity index (χ3n) is 3.52. The second kappa shape index (κ2) is 7.76. The molecule has 2 rings (SSSR count). The van der Waals surface area contributed by atoms with Gasteiger partial charge in [0, 0.05) is 26.2 Å². The van der Waals surface area contributed by atoms with Crippen LogP contribution in [-0.2, 0) is 6.54 Å². The van der Waals surface area contributed by atoms with Gasteiger partial charge in [0.2, 0.25) is 0 Å². The highest BCUT2D eigenvalue weighted by Gasteiger charge is 2.15. The standard InChI is InChI=1S/C13H24N6/c1-14-13(18-12-6-2-3-7-12)15-8-4-5-9-19-10-16-17-11-19/h10-12H,2-9H2,1H3,(H2,14,15,18). The molecule has 0 saturated heterocycles. The second-order valence-electron chi connectivity index (χ2n) is 5.03. The van der Waals surface area contributed by atoms with E-state index in [0.29, 0.717) is 6.04 Å². The third kappa shape index (κ3) is 4.89. The molecule has 106 valence electrons. The molecule has 1 aliphatic carbocycles. The van der Waals surface area contributed by atoms with Crippen LogP contribution in [0.15, 0.2) is 17.6 Å². The molecule has 0 spiro atoms. The number of nitrogens with zero attached hydrogens (tertiary/aromatic N) is 4. The summed E-state index contributed by atoms with van der Waals surface area (Å²) in [4.78, 5) is 4.27. The molecule has 1 fully saturated rings. The van der Waals surface area contributed by atoms with Crippen LogP contribution in [0.1, 0.15) is 38.5 Å². The van der Waals surface area contributed by atoms with E-state index in [1.807, 2.05) is 11.6 Å². The lowest BCUT2D eigenvalue weighted by Crippen LogP contribution is -2.42. The Kier molecular flexibility index (Phi) is 5.65. The summed E-state index contributed by atoms with van der Waals surface area (Å²) in [6.07, 6.45) is 11.0. The van der Waals surface area contributed by atoms with Crippen molar-refractivity contribution in [2.75, 3.05) is 13.6 Å². The van der Waals surface area contributed by atoms with Gasteiger partial charge < -0.3 is 15.2 Å². The molecule has 6 heteroatoms. The molecule has 0 atom stereocenters. The number of aryl methyl sites for hydroxylation is 1. The van der Waals surface area contributed by atoms with E-state index in [2.05, 4.69) is 25.8 Å². The Morgan fingerprint density at radius 2 is 2.00 bits per heavy atom. The maximum Gasteiger partial charge on any atom is 0.191 e. The topological polar surface area (TPSA) is 67.1 Å². The zero-order valence-electron chi connectivity index (χ0n) is 11.7. The molecule has 1 heterocycles. The van der Waals surface area contributed by atoms with E-state index in [-0.39, 0.29) is 0 Å². The Labute approximate surface area is 114 Å². The zero-order valence-corrected chi connectivity index (χ0v) is 11.7. The maximum absolute atomic E-state index is 4.27. The number of hydrogen-bond donors (Lipinski definition) is 2. The quantitative estimate of drug-likeness (QED) is 0.460. The molecular weight excluding hydrogens is 240 g/mol. The molecule has 0 aromatic carbocycles. The first-order valence-corrected chi connectivity index (χ1v) is 7.18. The Morgan fingerprint density at radius 3 is 2.68 bits per heavy atom. The van der Waals surface area contributed by atoms with Crippen LogP contribution >= 0.6 is 0 Å². The largest absolute Gasteiger partial charge is 0.356 e. The summed E-state index contributed by atoms with van der Waals surface area (Å²) in [6.45, 7) is 1.93. The number of guanidine groups is 1. The van der Waals surface area contributed by atoms with Crippen molar-refractivity contribution < 1.29 is 0 Å². The van der Waals surface area contributed by atoms with Gasteiger partial charge in [-0.15, -0.1) is 10.2 Å². The second-order valence-corrected chi connectivity index (χ2v) is 5.03. The molecule has 0 aliphatic heterocycles. The number of rotatable bonds is 6. The minimum atomic E-state index is 0.614. The molecule has 6 nitrogen and oxygen atoms in total. The van der Waals surface area contributed by atoms with Crippen molar-refractivity contribution in [2.45, 2.75) is 51.1 Å². The molecule has 0 amide bonds. The number of aromatic nitrogens is 3. The summed E-state index contributed by atoms with van der Waals surface area (Å²) in [5, 5.41) is 14.4. The lowest BCUT2D eigenvalue weighted by Gasteiger charge is -2.16. The summed E-state index contributed by atoms with van der Waals surface area (Å²) in [5.41, 5.74) is 0. The molecule has 0 bridgehead atoms. The zero-order chi connectivity index (χ0) is 13.3. The van der Waals surface area contributed by atoms with Gasteiger partial charge in [-0.3, -0.25) is 4.99 Å². The molecule has 1 aromatic rings. The molecule has 1 aromatic heterocycles. The van der Waals surface area contributed by atoms with E-state index >= 15 is 0 Å². The number of aliphatic imine (C=N–C) groups is 1. The normalized spacial score (nSPS) is 16.8. The summed E-state index contributed by atoms with van der Waals surface area (Å²) < 4.78 is 2.01. The van der Waals surface area contributed by atoms with Gasteiger partial charge in [-0.05, 0) is 25.7 Å². The van der Waals surface area contributed by atoms with Crippen LogP contribution in [0.3, 0.4) is 0 Å². The minimum Gasteiger partial charge on any atom is -0.356 e. The highest BCUT2D eigenvalue weighted by atomic mass is 15.2. The first-order valence-electron chi connectivity index (χ1n) is 7.18. The molecule has 19 heavy (non-hydrogen) atoms. The van der Waals surface area contributed by atoms with Gasteiger partial charge in [-0.25, -0.2) is 0 Å². The Bertz CT molecular complexity index is 366. The summed E-state index contributed by atoms with van der Waals surface area (Å²) >= 11 is 0. The lowest BCUT2D eigenvalue weighted by molar-refractivity contribution is 0.583. The van der Waals surface area contributed by atoms with Gasteiger partial charge in [0.1, 0.15) is 12.7 Å². The maximum atomic E-state index is 4.27. The number of nitrogens with one attached hydrogen (secondary N) is 2. The number of hydrogen-bond acceptors (Lipinski definition) is 3. The highest BCUT2D eigenvalue weighted by molar-refractivity contribution is 5.79. The Hall–Kier alpha value is -1.59. The fraction of sp³-hybridized carbons (Fsp3) is 0.769. The van der Waals surface area contributed by atoms with E-state index < -0.39 is 0 Å². The lowest BCUT2D eigenvalue weighted by atomic mass is 10.2. The molecule has 0 radical (unpaired) electrons. The average Bonchev–Trinajstić information content (AvgIpc) is 3.10. The smallest absolute Gasteiger partial charge is 0.191 e. The molecular formula is C13H24N6. The van der Waals surface area contributed by atoms with Crippen molar-refractivity contribution in [3.63, 3.8) is 0 Å². The molecule has 1 saturated carbocycles. The fourth-order valence-electron chi connectivity index (χ4n) is 2.42. The van der Waals surface area contributed by atoms with Crippen LogP contribution in [0, 0.1) is 0 Å². The van der Waals surface area contributed by atoms with Crippen LogP contribution < -0.4 is 10.6 Å². The van der Waals surface area contributed by atoms with E-state index in [0.717, 1.165) is 31.9 Å². The molecule has 2 N–H and O–H groups in total. The fourth-order valence-corrected chi connectivity index (χ4v) is 2.42. The van der Waals surface area contributed by atoms with Gasteiger partial charge >= 0.3 is 0 Å². The first kappa shape index (κ1) is 13.8. The first-order chi connectivity index (χ1) is 9.38. The van der Waals surface area contributed by atoms with Crippen LogP contribution in [0.4, 0.5) is 0 Å². The SMILES string of the molecule is CN=C(NCCCCn1cnnc1)NC1CCCC1. The van der Waals surface area contributed by atoms with E-state index in [9.17, 15) is 0 Å². The molecule has 1 aliphatic rings.